The molecule has 0 spiro atoms. The number of benzene rings is 1. The Morgan fingerprint density at radius 3 is 2.47 bits per heavy atom. The topological polar surface area (TPSA) is 79.5 Å². The monoisotopic (exact) mass is 435 g/mol. The van der Waals surface area contributed by atoms with E-state index in [0.717, 1.165) is 8.04 Å². The van der Waals surface area contributed by atoms with Crippen LogP contribution in [0.15, 0.2) is 39.2 Å². The molecule has 0 fully saturated rings. The molecule has 1 heterocycles. The van der Waals surface area contributed by atoms with Gasteiger partial charge in [0.25, 0.3) is 5.91 Å². The van der Waals surface area contributed by atoms with Crippen LogP contribution in [-0.4, -0.2) is 17.0 Å². The predicted molar refractivity (Wildman–Crippen MR) is 80.5 cm³/mol. The second-order valence-corrected chi connectivity index (χ2v) is 5.65. The summed E-state index contributed by atoms with van der Waals surface area (Å²) >= 11 is 5.48. The maximum absolute atomic E-state index is 11.9. The first-order valence-electron chi connectivity index (χ1n) is 5.07. The van der Waals surface area contributed by atoms with E-state index < -0.39 is 11.9 Å². The molecule has 0 saturated carbocycles. The van der Waals surface area contributed by atoms with Crippen molar-refractivity contribution in [1.29, 1.82) is 0 Å². The fraction of sp³-hybridized carbons (Fsp3) is 0. The van der Waals surface area contributed by atoms with E-state index in [1.165, 1.54) is 12.1 Å². The van der Waals surface area contributed by atoms with Crippen LogP contribution in [0.1, 0.15) is 21.1 Å². The Bertz CT molecular complexity index is 653. The summed E-state index contributed by atoms with van der Waals surface area (Å²) in [6.07, 6.45) is 0. The van der Waals surface area contributed by atoms with E-state index >= 15 is 0 Å². The number of rotatable bonds is 3. The molecule has 0 saturated heterocycles. The lowest BCUT2D eigenvalue weighted by Crippen LogP contribution is -2.11. The number of amides is 1. The zero-order valence-corrected chi connectivity index (χ0v) is 13.1. The normalized spacial score (nSPS) is 10.2. The number of hydrogen-bond donors (Lipinski definition) is 2. The molecule has 2 N–H and O–H groups in total. The summed E-state index contributed by atoms with van der Waals surface area (Å²) in [6.45, 7) is 0. The Hall–Kier alpha value is -1.35. The number of hydrogen-bond acceptors (Lipinski definition) is 3. The Kier molecular flexibility index (Phi) is 4.25. The summed E-state index contributed by atoms with van der Waals surface area (Å²) in [5, 5.41) is 11.3. The van der Waals surface area contributed by atoms with E-state index in [0.29, 0.717) is 5.69 Å². The van der Waals surface area contributed by atoms with Gasteiger partial charge >= 0.3 is 5.97 Å². The summed E-state index contributed by atoms with van der Waals surface area (Å²) in [7, 11) is 0. The maximum atomic E-state index is 11.9. The second-order valence-electron chi connectivity index (χ2n) is 3.55. The number of carbonyl (C=O) groups excluding carboxylic acids is 1. The minimum Gasteiger partial charge on any atom is -0.475 e. The quantitative estimate of drug-likeness (QED) is 0.722. The molecule has 0 radical (unpaired) electrons. The average Bonchev–Trinajstić information content (AvgIpc) is 2.82. The highest BCUT2D eigenvalue weighted by atomic mass is 127. The highest BCUT2D eigenvalue weighted by Gasteiger charge is 2.15. The van der Waals surface area contributed by atoms with Crippen molar-refractivity contribution >= 4 is 56.1 Å². The lowest BCUT2D eigenvalue weighted by molar-refractivity contribution is 0.0660. The minimum atomic E-state index is -1.21. The van der Waals surface area contributed by atoms with Crippen LogP contribution < -0.4 is 5.32 Å². The van der Waals surface area contributed by atoms with E-state index in [1.807, 2.05) is 12.1 Å². The standard InChI is InChI=1S/C12H7BrINO4/c13-7-5-6(14)1-2-8(7)15-11(16)9-3-4-10(19-9)12(17)18/h1-5H,(H,15,16)(H,17,18). The van der Waals surface area contributed by atoms with Crippen molar-refractivity contribution in [3.63, 3.8) is 0 Å². The molecule has 5 nitrogen and oxygen atoms in total. The van der Waals surface area contributed by atoms with Crippen LogP contribution in [0.2, 0.25) is 0 Å². The van der Waals surface area contributed by atoms with Crippen LogP contribution in [-0.2, 0) is 0 Å². The molecule has 2 rings (SSSR count). The number of carboxylic acid groups (broad SMARTS) is 1. The summed E-state index contributed by atoms with van der Waals surface area (Å²) in [5.74, 6) is -2.04. The Labute approximate surface area is 130 Å². The molecule has 1 amide bonds. The van der Waals surface area contributed by atoms with Crippen LogP contribution in [0.25, 0.3) is 0 Å². The van der Waals surface area contributed by atoms with E-state index in [4.69, 9.17) is 9.52 Å². The van der Waals surface area contributed by atoms with Crippen molar-refractivity contribution in [2.24, 2.45) is 0 Å². The smallest absolute Gasteiger partial charge is 0.371 e. The summed E-state index contributed by atoms with van der Waals surface area (Å²) in [4.78, 5) is 22.5. The van der Waals surface area contributed by atoms with E-state index in [-0.39, 0.29) is 11.5 Å². The average molecular weight is 436 g/mol. The first-order chi connectivity index (χ1) is 8.97. The fourth-order valence-electron chi connectivity index (χ4n) is 1.35. The molecule has 0 unspecified atom stereocenters. The first kappa shape index (κ1) is 14.1. The van der Waals surface area contributed by atoms with Gasteiger partial charge in [-0.25, -0.2) is 4.79 Å². The summed E-state index contributed by atoms with van der Waals surface area (Å²) in [5.41, 5.74) is 0.582. The third-order valence-electron chi connectivity index (χ3n) is 2.22. The zero-order chi connectivity index (χ0) is 14.0. The van der Waals surface area contributed by atoms with Gasteiger partial charge in [0.1, 0.15) is 0 Å². The minimum absolute atomic E-state index is 0.0529. The van der Waals surface area contributed by atoms with E-state index in [9.17, 15) is 9.59 Å². The molecule has 0 bridgehead atoms. The fourth-order valence-corrected chi connectivity index (χ4v) is 2.75. The van der Waals surface area contributed by atoms with E-state index in [1.54, 1.807) is 6.07 Å². The van der Waals surface area contributed by atoms with Crippen molar-refractivity contribution < 1.29 is 19.1 Å². The number of carboxylic acids is 1. The van der Waals surface area contributed by atoms with Crippen LogP contribution >= 0.6 is 38.5 Å². The third-order valence-corrected chi connectivity index (χ3v) is 3.55. The number of halogens is 2. The molecule has 0 aliphatic heterocycles. The van der Waals surface area contributed by atoms with Gasteiger partial charge in [-0.3, -0.25) is 4.79 Å². The van der Waals surface area contributed by atoms with Gasteiger partial charge in [0.05, 0.1) is 5.69 Å². The molecule has 98 valence electrons. The summed E-state index contributed by atoms with van der Waals surface area (Å²) < 4.78 is 6.67. The Balaban J connectivity index is 2.18. The molecule has 1 aromatic carbocycles. The van der Waals surface area contributed by atoms with Gasteiger partial charge in [0, 0.05) is 8.04 Å². The van der Waals surface area contributed by atoms with Crippen LogP contribution in [0.3, 0.4) is 0 Å². The zero-order valence-electron chi connectivity index (χ0n) is 9.31. The van der Waals surface area contributed by atoms with Gasteiger partial charge in [0.15, 0.2) is 5.76 Å². The van der Waals surface area contributed by atoms with Crippen molar-refractivity contribution in [2.75, 3.05) is 5.32 Å². The maximum Gasteiger partial charge on any atom is 0.371 e. The molecule has 1 aromatic heterocycles. The van der Waals surface area contributed by atoms with Crippen molar-refractivity contribution in [3.8, 4) is 0 Å². The number of nitrogens with one attached hydrogen (secondary N) is 1. The van der Waals surface area contributed by atoms with Gasteiger partial charge in [-0.05, 0) is 68.9 Å². The number of carbonyl (C=O) groups is 2. The molecule has 19 heavy (non-hydrogen) atoms. The molecule has 7 heteroatoms. The van der Waals surface area contributed by atoms with Crippen molar-refractivity contribution in [2.45, 2.75) is 0 Å². The van der Waals surface area contributed by atoms with Gasteiger partial charge in [-0.2, -0.15) is 0 Å². The molecule has 0 aliphatic carbocycles. The Morgan fingerprint density at radius 2 is 1.89 bits per heavy atom. The lowest BCUT2D eigenvalue weighted by atomic mass is 10.3. The van der Waals surface area contributed by atoms with Gasteiger partial charge in [-0.15, -0.1) is 0 Å². The third kappa shape index (κ3) is 3.35. The van der Waals surface area contributed by atoms with Crippen LogP contribution in [0.4, 0.5) is 5.69 Å². The predicted octanol–water partition coefficient (Wildman–Crippen LogP) is 3.60. The number of anilines is 1. The second kappa shape index (κ2) is 5.74. The SMILES string of the molecule is O=C(O)c1ccc(C(=O)Nc2ccc(I)cc2Br)o1. The van der Waals surface area contributed by atoms with Crippen LogP contribution in [0.5, 0.6) is 0 Å². The van der Waals surface area contributed by atoms with Crippen LogP contribution in [0, 0.1) is 3.57 Å². The highest BCUT2D eigenvalue weighted by Crippen LogP contribution is 2.25. The Morgan fingerprint density at radius 1 is 1.21 bits per heavy atom. The van der Waals surface area contributed by atoms with Gasteiger partial charge < -0.3 is 14.8 Å². The number of furan rings is 1. The summed E-state index contributed by atoms with van der Waals surface area (Å²) in [6, 6.07) is 7.98. The molecule has 0 aliphatic rings. The molecule has 0 atom stereocenters. The lowest BCUT2D eigenvalue weighted by Gasteiger charge is -2.06. The number of aromatic carboxylic acids is 1. The molecular weight excluding hydrogens is 429 g/mol. The largest absolute Gasteiger partial charge is 0.475 e. The molecular formula is C12H7BrINO4. The molecule has 2 aromatic rings. The van der Waals surface area contributed by atoms with Crippen molar-refractivity contribution in [3.05, 3.63) is 49.9 Å². The highest BCUT2D eigenvalue weighted by molar-refractivity contribution is 14.1. The van der Waals surface area contributed by atoms with Gasteiger partial charge in [0.2, 0.25) is 5.76 Å². The first-order valence-corrected chi connectivity index (χ1v) is 6.94. The van der Waals surface area contributed by atoms with Gasteiger partial charge in [-0.1, -0.05) is 0 Å². The van der Waals surface area contributed by atoms with E-state index in [2.05, 4.69) is 43.8 Å². The van der Waals surface area contributed by atoms with Crippen molar-refractivity contribution in [1.82, 2.24) is 0 Å².